The number of aliphatic hydroxyl groups is 2. The first-order chi connectivity index (χ1) is 17.0. The molecule has 1 fully saturated rings. The van der Waals surface area contributed by atoms with Gasteiger partial charge in [0.25, 0.3) is 0 Å². The van der Waals surface area contributed by atoms with Crippen molar-refractivity contribution >= 4 is 11.6 Å². The number of amides is 1. The predicted octanol–water partition coefficient (Wildman–Crippen LogP) is 4.84. The molecular formula is C30H35NO4. The van der Waals surface area contributed by atoms with E-state index in [1.807, 2.05) is 55.5 Å². The Hall–Kier alpha value is -3.07. The Morgan fingerprint density at radius 3 is 2.80 bits per heavy atom. The average molecular weight is 474 g/mol. The Bertz CT molecular complexity index is 1100. The monoisotopic (exact) mass is 473 g/mol. The number of anilines is 1. The highest BCUT2D eigenvalue weighted by molar-refractivity contribution is 5.90. The maximum atomic E-state index is 12.3. The zero-order valence-corrected chi connectivity index (χ0v) is 20.5. The molecule has 1 aliphatic heterocycles. The first-order valence-corrected chi connectivity index (χ1v) is 12.5. The molecule has 5 nitrogen and oxygen atoms in total. The quantitative estimate of drug-likeness (QED) is 0.360. The van der Waals surface area contributed by atoms with Gasteiger partial charge in [0.05, 0.1) is 12.2 Å². The maximum absolute atomic E-state index is 12.3. The molecule has 184 valence electrons. The van der Waals surface area contributed by atoms with Crippen LogP contribution in [0.4, 0.5) is 5.69 Å². The fourth-order valence-electron chi connectivity index (χ4n) is 5.17. The van der Waals surface area contributed by atoms with Crippen molar-refractivity contribution in [3.05, 3.63) is 71.8 Å². The number of aliphatic hydroxyl groups excluding tert-OH is 2. The largest absolute Gasteiger partial charge is 0.489 e. The number of rotatable bonds is 9. The molecule has 1 heterocycles. The summed E-state index contributed by atoms with van der Waals surface area (Å²) in [5.41, 5.74) is 3.03. The number of benzene rings is 2. The average Bonchev–Trinajstić information content (AvgIpc) is 3.36. The van der Waals surface area contributed by atoms with Gasteiger partial charge in [0, 0.05) is 42.3 Å². The standard InChI is InChI=1S/C30H35NO4/c1-3-4-10-20(2)25(32)18-17-23-26(33)19-27-29(23)24-15-8-11-21(30(24)35-27)12-9-16-28(34)31-22-13-6-5-7-14-22/h5-8,11,13-15,17-18,20,23,25-27,29,32-33H,9-10,12,16,19H2,1-2H3,(H,31,34)/b18-17+/t20-,23-,25+,26+,27-,29-/m0/s1. The Balaban J connectivity index is 1.39. The minimum Gasteiger partial charge on any atom is -0.489 e. The molecule has 4 rings (SSSR count). The molecule has 1 saturated carbocycles. The van der Waals surface area contributed by atoms with E-state index in [9.17, 15) is 15.0 Å². The molecule has 0 unspecified atom stereocenters. The Morgan fingerprint density at radius 1 is 1.23 bits per heavy atom. The minimum absolute atomic E-state index is 0.00703. The molecule has 0 spiro atoms. The third-order valence-electron chi connectivity index (χ3n) is 7.11. The smallest absolute Gasteiger partial charge is 0.224 e. The highest BCUT2D eigenvalue weighted by atomic mass is 16.5. The zero-order valence-electron chi connectivity index (χ0n) is 20.5. The van der Waals surface area contributed by atoms with Crippen LogP contribution in [0.3, 0.4) is 0 Å². The van der Waals surface area contributed by atoms with Crippen molar-refractivity contribution < 1.29 is 19.7 Å². The van der Waals surface area contributed by atoms with Crippen molar-refractivity contribution in [2.45, 2.75) is 70.2 Å². The van der Waals surface area contributed by atoms with E-state index in [-0.39, 0.29) is 29.8 Å². The van der Waals surface area contributed by atoms with Gasteiger partial charge in [0.1, 0.15) is 11.9 Å². The second kappa shape index (κ2) is 11.6. The van der Waals surface area contributed by atoms with Crippen LogP contribution in [0.5, 0.6) is 5.75 Å². The predicted molar refractivity (Wildman–Crippen MR) is 138 cm³/mol. The molecular weight excluding hydrogens is 438 g/mol. The van der Waals surface area contributed by atoms with Crippen molar-refractivity contribution in [1.82, 2.24) is 0 Å². The zero-order chi connectivity index (χ0) is 24.8. The summed E-state index contributed by atoms with van der Waals surface area (Å²) in [6, 6.07) is 15.7. The first-order valence-electron chi connectivity index (χ1n) is 12.5. The molecule has 6 atom stereocenters. The molecule has 0 aromatic heterocycles. The van der Waals surface area contributed by atoms with Crippen LogP contribution < -0.4 is 10.1 Å². The lowest BCUT2D eigenvalue weighted by Gasteiger charge is -2.19. The van der Waals surface area contributed by atoms with Gasteiger partial charge in [-0.1, -0.05) is 55.5 Å². The summed E-state index contributed by atoms with van der Waals surface area (Å²) >= 11 is 0. The van der Waals surface area contributed by atoms with Gasteiger partial charge in [0.15, 0.2) is 0 Å². The molecule has 2 aromatic carbocycles. The van der Waals surface area contributed by atoms with E-state index in [0.717, 1.165) is 35.4 Å². The highest BCUT2D eigenvalue weighted by Crippen LogP contribution is 2.52. The highest BCUT2D eigenvalue weighted by Gasteiger charge is 2.48. The molecule has 2 aromatic rings. The van der Waals surface area contributed by atoms with Crippen LogP contribution in [0, 0.1) is 23.7 Å². The molecule has 2 aliphatic rings. The number of carbonyl (C=O) groups excluding carboxylic acids is 1. The Kier molecular flexibility index (Phi) is 8.28. The van der Waals surface area contributed by atoms with Crippen LogP contribution in [0.15, 0.2) is 60.7 Å². The van der Waals surface area contributed by atoms with Crippen LogP contribution in [-0.2, 0) is 11.2 Å². The number of ether oxygens (including phenoxy) is 1. The second-order valence-corrected chi connectivity index (χ2v) is 9.65. The van der Waals surface area contributed by atoms with E-state index in [4.69, 9.17) is 4.74 Å². The fraction of sp³-hybridized carbons (Fsp3) is 0.433. The lowest BCUT2D eigenvalue weighted by atomic mass is 9.86. The van der Waals surface area contributed by atoms with E-state index >= 15 is 0 Å². The molecule has 1 aliphatic carbocycles. The van der Waals surface area contributed by atoms with E-state index in [0.29, 0.717) is 19.3 Å². The van der Waals surface area contributed by atoms with Gasteiger partial charge >= 0.3 is 0 Å². The van der Waals surface area contributed by atoms with Crippen LogP contribution >= 0.6 is 0 Å². The van der Waals surface area contributed by atoms with E-state index in [2.05, 4.69) is 29.3 Å². The third-order valence-corrected chi connectivity index (χ3v) is 7.11. The van der Waals surface area contributed by atoms with Crippen LogP contribution in [-0.4, -0.2) is 34.4 Å². The number of carbonyl (C=O) groups is 1. The minimum atomic E-state index is -0.600. The molecule has 0 saturated heterocycles. The van der Waals surface area contributed by atoms with Crippen molar-refractivity contribution in [3.63, 3.8) is 0 Å². The van der Waals surface area contributed by atoms with Crippen molar-refractivity contribution in [2.24, 2.45) is 11.8 Å². The first kappa shape index (κ1) is 25.0. The van der Waals surface area contributed by atoms with Crippen LogP contribution in [0.2, 0.25) is 0 Å². The van der Waals surface area contributed by atoms with Gasteiger partial charge < -0.3 is 20.3 Å². The summed E-state index contributed by atoms with van der Waals surface area (Å²) < 4.78 is 6.35. The number of fused-ring (bicyclic) bond motifs is 3. The summed E-state index contributed by atoms with van der Waals surface area (Å²) in [4.78, 5) is 12.3. The topological polar surface area (TPSA) is 78.8 Å². The number of nitrogens with one attached hydrogen (secondary N) is 1. The van der Waals surface area contributed by atoms with Crippen LogP contribution in [0.1, 0.15) is 56.6 Å². The summed E-state index contributed by atoms with van der Waals surface area (Å²) in [6.45, 7) is 3.78. The maximum Gasteiger partial charge on any atom is 0.224 e. The molecule has 0 radical (unpaired) electrons. The summed E-state index contributed by atoms with van der Waals surface area (Å²) in [5, 5.41) is 24.2. The van der Waals surface area contributed by atoms with Gasteiger partial charge in [0.2, 0.25) is 5.91 Å². The van der Waals surface area contributed by atoms with Gasteiger partial charge in [-0.15, -0.1) is 11.8 Å². The number of hydrogen-bond donors (Lipinski definition) is 3. The van der Waals surface area contributed by atoms with Crippen molar-refractivity contribution in [3.8, 4) is 17.6 Å². The summed E-state index contributed by atoms with van der Waals surface area (Å²) in [6.07, 6.45) is 5.73. The van der Waals surface area contributed by atoms with Crippen molar-refractivity contribution in [2.75, 3.05) is 5.32 Å². The normalized spacial score (nSPS) is 24.1. The molecule has 35 heavy (non-hydrogen) atoms. The molecule has 0 bridgehead atoms. The van der Waals surface area contributed by atoms with Crippen LogP contribution in [0.25, 0.3) is 0 Å². The van der Waals surface area contributed by atoms with Gasteiger partial charge in [-0.05, 0) is 43.4 Å². The number of hydrogen-bond acceptors (Lipinski definition) is 4. The fourth-order valence-corrected chi connectivity index (χ4v) is 5.17. The molecule has 3 N–H and O–H groups in total. The van der Waals surface area contributed by atoms with E-state index in [1.54, 1.807) is 6.92 Å². The molecule has 1 amide bonds. The van der Waals surface area contributed by atoms with Gasteiger partial charge in [-0.25, -0.2) is 0 Å². The number of aryl methyl sites for hydroxylation is 1. The summed E-state index contributed by atoms with van der Waals surface area (Å²) in [7, 11) is 0. The Labute approximate surface area is 208 Å². The third kappa shape index (κ3) is 5.96. The molecule has 5 heteroatoms. The number of para-hydroxylation sites is 2. The second-order valence-electron chi connectivity index (χ2n) is 9.65. The van der Waals surface area contributed by atoms with E-state index < -0.39 is 12.2 Å². The lowest BCUT2D eigenvalue weighted by molar-refractivity contribution is -0.116. The lowest BCUT2D eigenvalue weighted by Crippen LogP contribution is -2.19. The van der Waals surface area contributed by atoms with E-state index in [1.165, 1.54) is 0 Å². The van der Waals surface area contributed by atoms with Gasteiger partial charge in [-0.3, -0.25) is 4.79 Å². The summed E-state index contributed by atoms with van der Waals surface area (Å²) in [5.74, 6) is 6.80. The van der Waals surface area contributed by atoms with Crippen molar-refractivity contribution in [1.29, 1.82) is 0 Å². The Morgan fingerprint density at radius 2 is 2.03 bits per heavy atom. The van der Waals surface area contributed by atoms with Gasteiger partial charge in [-0.2, -0.15) is 0 Å². The SMILES string of the molecule is CC#CC[C@H](C)[C@H](O)/C=C/[C@@H]1[C@H]2c3cccc(CCCC(=O)Nc4ccccc4)c3O[C@H]2C[C@H]1O.